The standard InChI is InChI=1S/C17H26O2/c1-4-7-12-18-16-11-10-15(9-6-3)14-17(16)19-13-8-5-2/h6,9-11,14H,4-5,7-8,12-13H2,1-3H3. The van der Waals surface area contributed by atoms with Crippen LogP contribution in [0.4, 0.5) is 0 Å². The predicted molar refractivity (Wildman–Crippen MR) is 82.0 cm³/mol. The molecule has 0 aromatic heterocycles. The second-order valence-corrected chi connectivity index (χ2v) is 4.61. The van der Waals surface area contributed by atoms with Crippen molar-refractivity contribution in [1.29, 1.82) is 0 Å². The van der Waals surface area contributed by atoms with Crippen LogP contribution in [-0.2, 0) is 0 Å². The van der Waals surface area contributed by atoms with Crippen LogP contribution in [0, 0.1) is 0 Å². The SMILES string of the molecule is CC=Cc1ccc(OCCCC)c(OCCCC)c1. The molecule has 0 aliphatic heterocycles. The lowest BCUT2D eigenvalue weighted by Crippen LogP contribution is -2.02. The number of ether oxygens (including phenoxy) is 2. The van der Waals surface area contributed by atoms with Crippen LogP contribution in [0.15, 0.2) is 24.3 Å². The molecule has 1 aromatic rings. The van der Waals surface area contributed by atoms with Crippen LogP contribution >= 0.6 is 0 Å². The first-order chi connectivity index (χ1) is 9.31. The highest BCUT2D eigenvalue weighted by molar-refractivity contribution is 5.55. The smallest absolute Gasteiger partial charge is 0.161 e. The van der Waals surface area contributed by atoms with Crippen LogP contribution in [-0.4, -0.2) is 13.2 Å². The zero-order valence-electron chi connectivity index (χ0n) is 12.4. The van der Waals surface area contributed by atoms with Gasteiger partial charge in [-0.1, -0.05) is 44.9 Å². The molecule has 0 fully saturated rings. The second kappa shape index (κ2) is 9.48. The van der Waals surface area contributed by atoms with E-state index in [1.165, 1.54) is 0 Å². The molecule has 0 unspecified atom stereocenters. The Balaban J connectivity index is 2.74. The first-order valence-electron chi connectivity index (χ1n) is 7.34. The Morgan fingerprint density at radius 3 is 2.16 bits per heavy atom. The van der Waals surface area contributed by atoms with Gasteiger partial charge in [0.05, 0.1) is 13.2 Å². The van der Waals surface area contributed by atoms with E-state index in [9.17, 15) is 0 Å². The van der Waals surface area contributed by atoms with Crippen LogP contribution in [0.25, 0.3) is 6.08 Å². The summed E-state index contributed by atoms with van der Waals surface area (Å²) in [4.78, 5) is 0. The largest absolute Gasteiger partial charge is 0.490 e. The van der Waals surface area contributed by atoms with Gasteiger partial charge in [0.15, 0.2) is 11.5 Å². The van der Waals surface area contributed by atoms with Crippen molar-refractivity contribution in [2.45, 2.75) is 46.5 Å². The molecule has 19 heavy (non-hydrogen) atoms. The van der Waals surface area contributed by atoms with Gasteiger partial charge in [0.1, 0.15) is 0 Å². The van der Waals surface area contributed by atoms with Crippen molar-refractivity contribution in [3.05, 3.63) is 29.8 Å². The molecule has 0 saturated heterocycles. The Morgan fingerprint density at radius 2 is 1.58 bits per heavy atom. The number of hydrogen-bond acceptors (Lipinski definition) is 2. The van der Waals surface area contributed by atoms with E-state index in [1.807, 2.05) is 19.1 Å². The maximum absolute atomic E-state index is 5.84. The van der Waals surface area contributed by atoms with Crippen LogP contribution in [0.3, 0.4) is 0 Å². The summed E-state index contributed by atoms with van der Waals surface area (Å²) in [5.41, 5.74) is 1.15. The summed E-state index contributed by atoms with van der Waals surface area (Å²) in [6.07, 6.45) is 8.53. The molecule has 0 aliphatic rings. The highest BCUT2D eigenvalue weighted by Crippen LogP contribution is 2.29. The fourth-order valence-corrected chi connectivity index (χ4v) is 1.71. The minimum absolute atomic E-state index is 0.750. The molecular weight excluding hydrogens is 236 g/mol. The summed E-state index contributed by atoms with van der Waals surface area (Å²) in [6.45, 7) is 7.85. The molecule has 0 radical (unpaired) electrons. The molecule has 0 N–H and O–H groups in total. The third kappa shape index (κ3) is 5.82. The molecule has 0 bridgehead atoms. The van der Waals surface area contributed by atoms with Gasteiger partial charge < -0.3 is 9.47 Å². The molecule has 0 aliphatic carbocycles. The Morgan fingerprint density at radius 1 is 0.947 bits per heavy atom. The van der Waals surface area contributed by atoms with E-state index in [4.69, 9.17) is 9.47 Å². The summed E-state index contributed by atoms with van der Waals surface area (Å²) in [7, 11) is 0. The van der Waals surface area contributed by atoms with Gasteiger partial charge in [-0.2, -0.15) is 0 Å². The van der Waals surface area contributed by atoms with Gasteiger partial charge in [0.25, 0.3) is 0 Å². The van der Waals surface area contributed by atoms with Gasteiger partial charge in [-0.05, 0) is 37.5 Å². The normalized spacial score (nSPS) is 10.9. The van der Waals surface area contributed by atoms with Crippen molar-refractivity contribution < 1.29 is 9.47 Å². The fourth-order valence-electron chi connectivity index (χ4n) is 1.71. The van der Waals surface area contributed by atoms with Crippen molar-refractivity contribution in [3.63, 3.8) is 0 Å². The average Bonchev–Trinajstić information content (AvgIpc) is 2.42. The first-order valence-corrected chi connectivity index (χ1v) is 7.34. The quantitative estimate of drug-likeness (QED) is 0.578. The van der Waals surface area contributed by atoms with Crippen molar-refractivity contribution >= 4 is 6.08 Å². The minimum atomic E-state index is 0.750. The van der Waals surface area contributed by atoms with E-state index in [0.717, 1.165) is 56.0 Å². The predicted octanol–water partition coefficient (Wildman–Crippen LogP) is 5.08. The molecule has 0 spiro atoms. The van der Waals surface area contributed by atoms with Crippen LogP contribution in [0.1, 0.15) is 52.0 Å². The van der Waals surface area contributed by atoms with Crippen molar-refractivity contribution in [2.24, 2.45) is 0 Å². The van der Waals surface area contributed by atoms with Gasteiger partial charge in [-0.25, -0.2) is 0 Å². The summed E-state index contributed by atoms with van der Waals surface area (Å²) < 4.78 is 11.6. The van der Waals surface area contributed by atoms with E-state index in [1.54, 1.807) is 0 Å². The summed E-state index contributed by atoms with van der Waals surface area (Å²) >= 11 is 0. The number of hydrogen-bond donors (Lipinski definition) is 0. The Bertz CT molecular complexity index is 383. The molecular formula is C17H26O2. The van der Waals surface area contributed by atoms with E-state index in [-0.39, 0.29) is 0 Å². The maximum atomic E-state index is 5.84. The van der Waals surface area contributed by atoms with Crippen molar-refractivity contribution in [1.82, 2.24) is 0 Å². The molecule has 106 valence electrons. The van der Waals surface area contributed by atoms with Gasteiger partial charge >= 0.3 is 0 Å². The maximum Gasteiger partial charge on any atom is 0.161 e. The van der Waals surface area contributed by atoms with E-state index < -0.39 is 0 Å². The van der Waals surface area contributed by atoms with Crippen LogP contribution < -0.4 is 9.47 Å². The number of rotatable bonds is 9. The summed E-state index contributed by atoms with van der Waals surface area (Å²) in [5.74, 6) is 1.72. The highest BCUT2D eigenvalue weighted by atomic mass is 16.5. The van der Waals surface area contributed by atoms with E-state index in [0.29, 0.717) is 0 Å². The van der Waals surface area contributed by atoms with Crippen LogP contribution in [0.2, 0.25) is 0 Å². The van der Waals surface area contributed by atoms with Gasteiger partial charge in [-0.15, -0.1) is 0 Å². The van der Waals surface area contributed by atoms with Gasteiger partial charge in [0, 0.05) is 0 Å². The molecule has 2 heteroatoms. The van der Waals surface area contributed by atoms with Gasteiger partial charge in [-0.3, -0.25) is 0 Å². The Kier molecular flexibility index (Phi) is 7.80. The van der Waals surface area contributed by atoms with Crippen molar-refractivity contribution in [3.8, 4) is 11.5 Å². The summed E-state index contributed by atoms with van der Waals surface area (Å²) in [6, 6.07) is 6.12. The lowest BCUT2D eigenvalue weighted by molar-refractivity contribution is 0.262. The average molecular weight is 262 g/mol. The molecule has 0 saturated carbocycles. The molecule has 1 aromatic carbocycles. The third-order valence-corrected chi connectivity index (χ3v) is 2.84. The second-order valence-electron chi connectivity index (χ2n) is 4.61. The lowest BCUT2D eigenvalue weighted by atomic mass is 10.2. The monoisotopic (exact) mass is 262 g/mol. The molecule has 0 atom stereocenters. The zero-order chi connectivity index (χ0) is 13.9. The molecule has 1 rings (SSSR count). The molecule has 2 nitrogen and oxygen atoms in total. The van der Waals surface area contributed by atoms with E-state index in [2.05, 4.69) is 32.1 Å². The Labute approximate surface area is 117 Å². The van der Waals surface area contributed by atoms with Crippen LogP contribution in [0.5, 0.6) is 11.5 Å². The molecule has 0 amide bonds. The topological polar surface area (TPSA) is 18.5 Å². The fraction of sp³-hybridized carbons (Fsp3) is 0.529. The van der Waals surface area contributed by atoms with Crippen molar-refractivity contribution in [2.75, 3.05) is 13.2 Å². The zero-order valence-corrected chi connectivity index (χ0v) is 12.4. The van der Waals surface area contributed by atoms with E-state index >= 15 is 0 Å². The Hall–Kier alpha value is -1.44. The number of allylic oxidation sites excluding steroid dienone is 1. The number of unbranched alkanes of at least 4 members (excludes halogenated alkanes) is 2. The number of benzene rings is 1. The van der Waals surface area contributed by atoms with Gasteiger partial charge in [0.2, 0.25) is 0 Å². The third-order valence-electron chi connectivity index (χ3n) is 2.84. The minimum Gasteiger partial charge on any atom is -0.490 e. The first kappa shape index (κ1) is 15.6. The molecule has 0 heterocycles. The summed E-state index contributed by atoms with van der Waals surface area (Å²) in [5, 5.41) is 0. The lowest BCUT2D eigenvalue weighted by Gasteiger charge is -2.13. The highest BCUT2D eigenvalue weighted by Gasteiger charge is 2.05.